The topological polar surface area (TPSA) is 110 Å². The molecule has 0 aromatic heterocycles. The number of nitro groups is 1. The summed E-state index contributed by atoms with van der Waals surface area (Å²) in [6.07, 6.45) is -0.775. The average molecular weight is 383 g/mol. The molecule has 0 radical (unpaired) electrons. The SMILES string of the molecule is CCOC(=O)N1CCC(=O)N(C(=O)c2ccccc2[N+](=O)[O-])c2ccccc21. The molecule has 144 valence electrons. The maximum Gasteiger partial charge on any atom is 0.414 e. The molecule has 3 rings (SSSR count). The molecule has 1 aliphatic heterocycles. The fourth-order valence-corrected chi connectivity index (χ4v) is 3.00. The van der Waals surface area contributed by atoms with Crippen LogP contribution in [0.3, 0.4) is 0 Å². The van der Waals surface area contributed by atoms with Gasteiger partial charge >= 0.3 is 6.09 Å². The number of hydrogen-bond acceptors (Lipinski definition) is 6. The molecule has 0 atom stereocenters. The smallest absolute Gasteiger partial charge is 0.414 e. The molecule has 28 heavy (non-hydrogen) atoms. The second-order valence-corrected chi connectivity index (χ2v) is 5.90. The van der Waals surface area contributed by atoms with E-state index in [2.05, 4.69) is 0 Å². The zero-order chi connectivity index (χ0) is 20.3. The summed E-state index contributed by atoms with van der Waals surface area (Å²) < 4.78 is 5.04. The first-order chi connectivity index (χ1) is 13.5. The van der Waals surface area contributed by atoms with Crippen molar-refractivity contribution in [1.82, 2.24) is 0 Å². The van der Waals surface area contributed by atoms with Crippen molar-refractivity contribution in [2.45, 2.75) is 13.3 Å². The molecule has 1 heterocycles. The standard InChI is InChI=1S/C19H17N3O6/c1-2-28-19(25)20-12-11-17(23)21(16-10-6-5-9-15(16)20)18(24)13-7-3-4-8-14(13)22(26)27/h3-10H,2,11-12H2,1H3. The van der Waals surface area contributed by atoms with Gasteiger partial charge in [-0.1, -0.05) is 24.3 Å². The molecule has 0 bridgehead atoms. The van der Waals surface area contributed by atoms with Crippen LogP contribution in [0.25, 0.3) is 0 Å². The van der Waals surface area contributed by atoms with Gasteiger partial charge < -0.3 is 4.74 Å². The number of nitro benzene ring substituents is 1. The highest BCUT2D eigenvalue weighted by molar-refractivity contribution is 6.24. The first-order valence-electron chi connectivity index (χ1n) is 8.59. The quantitative estimate of drug-likeness (QED) is 0.457. The van der Waals surface area contributed by atoms with Crippen molar-refractivity contribution >= 4 is 35.0 Å². The van der Waals surface area contributed by atoms with Crippen molar-refractivity contribution in [1.29, 1.82) is 0 Å². The number of benzene rings is 2. The molecule has 0 N–H and O–H groups in total. The Morgan fingerprint density at radius 3 is 2.43 bits per heavy atom. The monoisotopic (exact) mass is 383 g/mol. The normalized spacial score (nSPS) is 13.5. The highest BCUT2D eigenvalue weighted by Crippen LogP contribution is 2.35. The number of hydrogen-bond donors (Lipinski definition) is 0. The summed E-state index contributed by atoms with van der Waals surface area (Å²) in [6.45, 7) is 1.84. The van der Waals surface area contributed by atoms with Gasteiger partial charge in [0.15, 0.2) is 0 Å². The molecule has 0 saturated heterocycles. The first-order valence-corrected chi connectivity index (χ1v) is 8.59. The Labute approximate surface area is 160 Å². The summed E-state index contributed by atoms with van der Waals surface area (Å²) in [4.78, 5) is 51.0. The van der Waals surface area contributed by atoms with Crippen molar-refractivity contribution in [3.8, 4) is 0 Å². The fourth-order valence-electron chi connectivity index (χ4n) is 3.00. The van der Waals surface area contributed by atoms with Crippen LogP contribution in [-0.4, -0.2) is 36.0 Å². The molecule has 3 amide bonds. The second-order valence-electron chi connectivity index (χ2n) is 5.90. The van der Waals surface area contributed by atoms with Crippen molar-refractivity contribution < 1.29 is 24.0 Å². The minimum Gasteiger partial charge on any atom is -0.449 e. The highest BCUT2D eigenvalue weighted by atomic mass is 16.6. The van der Waals surface area contributed by atoms with Crippen LogP contribution >= 0.6 is 0 Å². The van der Waals surface area contributed by atoms with Gasteiger partial charge in [0.2, 0.25) is 5.91 Å². The Morgan fingerprint density at radius 2 is 1.75 bits per heavy atom. The van der Waals surface area contributed by atoms with Crippen LogP contribution in [0.4, 0.5) is 21.9 Å². The third-order valence-electron chi connectivity index (χ3n) is 4.23. The molecule has 9 nitrogen and oxygen atoms in total. The van der Waals surface area contributed by atoms with Crippen molar-refractivity contribution in [2.75, 3.05) is 23.0 Å². The largest absolute Gasteiger partial charge is 0.449 e. The van der Waals surface area contributed by atoms with E-state index in [9.17, 15) is 24.5 Å². The number of imide groups is 1. The maximum atomic E-state index is 13.1. The molecule has 0 fully saturated rings. The summed E-state index contributed by atoms with van der Waals surface area (Å²) in [5, 5.41) is 11.3. The van der Waals surface area contributed by atoms with Crippen LogP contribution in [0.15, 0.2) is 48.5 Å². The minimum atomic E-state index is -0.824. The Balaban J connectivity index is 2.11. The van der Waals surface area contributed by atoms with E-state index in [4.69, 9.17) is 4.74 Å². The van der Waals surface area contributed by atoms with Gasteiger partial charge in [-0.15, -0.1) is 0 Å². The van der Waals surface area contributed by atoms with Gasteiger partial charge in [-0.2, -0.15) is 0 Å². The van der Waals surface area contributed by atoms with Crippen LogP contribution in [0, 0.1) is 10.1 Å². The van der Waals surface area contributed by atoms with E-state index in [0.717, 1.165) is 4.90 Å². The van der Waals surface area contributed by atoms with Crippen molar-refractivity contribution in [3.05, 3.63) is 64.2 Å². The van der Waals surface area contributed by atoms with E-state index in [1.165, 1.54) is 35.2 Å². The van der Waals surface area contributed by atoms with Crippen LogP contribution in [-0.2, 0) is 9.53 Å². The number of nitrogens with zero attached hydrogens (tertiary/aromatic N) is 3. The number of ether oxygens (including phenoxy) is 1. The third kappa shape index (κ3) is 3.41. The Hall–Kier alpha value is -3.75. The highest BCUT2D eigenvalue weighted by Gasteiger charge is 2.35. The number of rotatable bonds is 3. The van der Waals surface area contributed by atoms with Crippen molar-refractivity contribution in [3.63, 3.8) is 0 Å². The number of fused-ring (bicyclic) bond motifs is 1. The molecule has 0 saturated carbocycles. The lowest BCUT2D eigenvalue weighted by atomic mass is 10.1. The zero-order valence-electron chi connectivity index (χ0n) is 15.0. The lowest BCUT2D eigenvalue weighted by Gasteiger charge is -2.23. The predicted octanol–water partition coefficient (Wildman–Crippen LogP) is 3.13. The van der Waals surface area contributed by atoms with E-state index in [-0.39, 0.29) is 30.8 Å². The molecule has 0 spiro atoms. The van der Waals surface area contributed by atoms with E-state index in [1.54, 1.807) is 25.1 Å². The number of carbonyl (C=O) groups excluding carboxylic acids is 3. The summed E-state index contributed by atoms with van der Waals surface area (Å²) in [7, 11) is 0. The predicted molar refractivity (Wildman–Crippen MR) is 100 cm³/mol. The third-order valence-corrected chi connectivity index (χ3v) is 4.23. The van der Waals surface area contributed by atoms with Gasteiger partial charge in [0.25, 0.3) is 11.6 Å². The number of amides is 3. The Bertz CT molecular complexity index is 958. The molecular weight excluding hydrogens is 366 g/mol. The molecule has 9 heteroatoms. The van der Waals surface area contributed by atoms with Gasteiger partial charge in [-0.3, -0.25) is 24.6 Å². The Kier molecular flexibility index (Phi) is 5.35. The van der Waals surface area contributed by atoms with E-state index < -0.39 is 28.5 Å². The van der Waals surface area contributed by atoms with Crippen LogP contribution in [0.2, 0.25) is 0 Å². The molecular formula is C19H17N3O6. The van der Waals surface area contributed by atoms with Gasteiger partial charge in [0, 0.05) is 19.0 Å². The van der Waals surface area contributed by atoms with E-state index >= 15 is 0 Å². The van der Waals surface area contributed by atoms with Gasteiger partial charge in [0.05, 0.1) is 22.9 Å². The van der Waals surface area contributed by atoms with Crippen LogP contribution in [0.1, 0.15) is 23.7 Å². The van der Waals surface area contributed by atoms with E-state index in [0.29, 0.717) is 5.69 Å². The molecule has 1 aliphatic rings. The molecule has 0 unspecified atom stereocenters. The van der Waals surface area contributed by atoms with Gasteiger partial charge in [-0.05, 0) is 25.1 Å². The summed E-state index contributed by atoms with van der Waals surface area (Å²) in [5.41, 5.74) is -0.121. The summed E-state index contributed by atoms with van der Waals surface area (Å²) in [5.74, 6) is -1.39. The average Bonchev–Trinajstić information content (AvgIpc) is 2.83. The molecule has 0 aliphatic carbocycles. The number of para-hydroxylation sites is 3. The lowest BCUT2D eigenvalue weighted by Crippen LogP contribution is -2.37. The Morgan fingerprint density at radius 1 is 1.11 bits per heavy atom. The lowest BCUT2D eigenvalue weighted by molar-refractivity contribution is -0.385. The van der Waals surface area contributed by atoms with E-state index in [1.807, 2.05) is 0 Å². The zero-order valence-corrected chi connectivity index (χ0v) is 15.0. The summed E-state index contributed by atoms with van der Waals surface area (Å²) in [6, 6.07) is 11.8. The first kappa shape index (κ1) is 19.0. The summed E-state index contributed by atoms with van der Waals surface area (Å²) >= 11 is 0. The number of anilines is 2. The van der Waals surface area contributed by atoms with Gasteiger partial charge in [0.1, 0.15) is 5.56 Å². The number of carbonyl (C=O) groups is 3. The van der Waals surface area contributed by atoms with Crippen molar-refractivity contribution in [2.24, 2.45) is 0 Å². The molecule has 2 aromatic rings. The fraction of sp³-hybridized carbons (Fsp3) is 0.211. The minimum absolute atomic E-state index is 0.0232. The second kappa shape index (κ2) is 7.87. The maximum absolute atomic E-state index is 13.1. The van der Waals surface area contributed by atoms with Crippen LogP contribution < -0.4 is 9.80 Å². The van der Waals surface area contributed by atoms with Crippen LogP contribution in [0.5, 0.6) is 0 Å². The van der Waals surface area contributed by atoms with Gasteiger partial charge in [-0.25, -0.2) is 9.69 Å². The molecule has 2 aromatic carbocycles.